The van der Waals surface area contributed by atoms with Crippen LogP contribution in [0.2, 0.25) is 0 Å². The number of hydrogen-bond acceptors (Lipinski definition) is 10. The molecule has 0 spiro atoms. The van der Waals surface area contributed by atoms with Crippen LogP contribution < -0.4 is 30.3 Å². The molecule has 4 N–H and O–H groups in total. The van der Waals surface area contributed by atoms with Crippen LogP contribution in [0.3, 0.4) is 0 Å². The van der Waals surface area contributed by atoms with Crippen molar-refractivity contribution in [2.75, 3.05) is 20.3 Å². The molecule has 1 aliphatic heterocycles. The topological polar surface area (TPSA) is 164 Å². The number of nitriles is 1. The van der Waals surface area contributed by atoms with Crippen molar-refractivity contribution < 1.29 is 33.6 Å². The van der Waals surface area contributed by atoms with Gasteiger partial charge in [-0.2, -0.15) is 10.4 Å². The summed E-state index contributed by atoms with van der Waals surface area (Å²) < 4.78 is 22.7. The van der Waals surface area contributed by atoms with Crippen LogP contribution in [-0.2, 0) is 16.1 Å². The quantitative estimate of drug-likeness (QED) is 0.0689. The minimum atomic E-state index is -1.19. The molecule has 0 bridgehead atoms. The highest BCUT2D eigenvalue weighted by molar-refractivity contribution is 6.02. The summed E-state index contributed by atoms with van der Waals surface area (Å²) in [6.07, 6.45) is 0.399. The maximum absolute atomic E-state index is 12.5. The number of benzene rings is 4. The maximum atomic E-state index is 12.5. The summed E-state index contributed by atoms with van der Waals surface area (Å²) in [5.41, 5.74) is 6.12. The van der Waals surface area contributed by atoms with Crippen molar-refractivity contribution in [2.45, 2.75) is 32.7 Å². The van der Waals surface area contributed by atoms with E-state index in [-0.39, 0.29) is 12.2 Å². The van der Waals surface area contributed by atoms with Gasteiger partial charge < -0.3 is 34.7 Å². The van der Waals surface area contributed by atoms with E-state index < -0.39 is 24.3 Å². The molecule has 4 aromatic carbocycles. The number of carbonyl (C=O) groups is 2. The highest BCUT2D eigenvalue weighted by Crippen LogP contribution is 2.35. The normalized spacial score (nSPS) is 14.9. The van der Waals surface area contributed by atoms with Gasteiger partial charge in [-0.25, -0.2) is 9.59 Å². The van der Waals surface area contributed by atoms with Gasteiger partial charge in [-0.05, 0) is 66.1 Å². The molecule has 0 fully saturated rings. The minimum absolute atomic E-state index is 0.176. The number of carbonyl (C=O) groups excluding carboxylic acids is 2. The van der Waals surface area contributed by atoms with Crippen molar-refractivity contribution in [2.24, 2.45) is 5.10 Å². The Labute approximate surface area is 277 Å². The zero-order valence-corrected chi connectivity index (χ0v) is 26.7. The lowest BCUT2D eigenvalue weighted by molar-refractivity contribution is -0.136. The number of hydrazone groups is 1. The summed E-state index contributed by atoms with van der Waals surface area (Å²) >= 11 is 0. The number of fused-ring (bicyclic) bond motifs is 1. The first-order valence-electron chi connectivity index (χ1n) is 15.2. The standard InChI is InChI=1S/C36H35N5O7/c1-4-46-31-17-26(34-33(35(43)45-3)22(2)39-36(44)40-34)14-16-30(31)48-21-32(42)41-38-19-28-27-8-6-5-7-25(27)13-15-29(28)47-20-24-11-9-23(18-37)10-12-24/h5-17,19,32,34,41-42H,4,20-21H2,1-3H3,(H2,39,40,44)/b38-19+/t32-,34-/m0/s1. The Morgan fingerprint density at radius 1 is 1.04 bits per heavy atom. The molecule has 12 heteroatoms. The molecule has 12 nitrogen and oxygen atoms in total. The number of aliphatic hydroxyl groups excluding tert-OH is 1. The van der Waals surface area contributed by atoms with Crippen LogP contribution in [0.15, 0.2) is 95.2 Å². The largest absolute Gasteiger partial charge is 0.490 e. The fourth-order valence-corrected chi connectivity index (χ4v) is 5.18. The van der Waals surface area contributed by atoms with Gasteiger partial charge in [-0.3, -0.25) is 5.43 Å². The van der Waals surface area contributed by atoms with Crippen LogP contribution in [0.5, 0.6) is 17.2 Å². The van der Waals surface area contributed by atoms with Gasteiger partial charge in [0.2, 0.25) is 0 Å². The van der Waals surface area contributed by atoms with Gasteiger partial charge in [-0.15, -0.1) is 0 Å². The molecule has 0 saturated heterocycles. The van der Waals surface area contributed by atoms with Gasteiger partial charge in [0.25, 0.3) is 0 Å². The van der Waals surface area contributed by atoms with E-state index in [4.69, 9.17) is 24.2 Å². The number of amides is 2. The third kappa shape index (κ3) is 7.83. The van der Waals surface area contributed by atoms with Gasteiger partial charge in [0, 0.05) is 11.3 Å². The van der Waals surface area contributed by atoms with Gasteiger partial charge in [-0.1, -0.05) is 48.5 Å². The first-order valence-corrected chi connectivity index (χ1v) is 15.2. The van der Waals surface area contributed by atoms with E-state index in [9.17, 15) is 14.7 Å². The molecule has 2 amide bonds. The van der Waals surface area contributed by atoms with E-state index in [1.807, 2.05) is 55.5 Å². The Morgan fingerprint density at radius 3 is 2.56 bits per heavy atom. The number of ether oxygens (including phenoxy) is 4. The number of esters is 1. The molecule has 1 aliphatic rings. The van der Waals surface area contributed by atoms with Gasteiger partial charge in [0.15, 0.2) is 17.7 Å². The lowest BCUT2D eigenvalue weighted by Gasteiger charge is -2.28. The second kappa shape index (κ2) is 15.5. The van der Waals surface area contributed by atoms with Crippen molar-refractivity contribution in [1.29, 1.82) is 5.26 Å². The molecule has 0 saturated carbocycles. The monoisotopic (exact) mass is 649 g/mol. The Balaban J connectivity index is 1.27. The van der Waals surface area contributed by atoms with E-state index in [2.05, 4.69) is 27.2 Å². The number of urea groups is 1. The summed E-state index contributed by atoms with van der Waals surface area (Å²) in [4.78, 5) is 24.7. The van der Waals surface area contributed by atoms with Crippen LogP contribution in [0, 0.1) is 11.3 Å². The number of nitrogens with one attached hydrogen (secondary N) is 3. The number of allylic oxidation sites excluding steroid dienone is 1. The predicted molar refractivity (Wildman–Crippen MR) is 178 cm³/mol. The molecule has 0 aliphatic carbocycles. The fraction of sp³-hybridized carbons (Fsp3) is 0.222. The Morgan fingerprint density at radius 2 is 1.81 bits per heavy atom. The first-order chi connectivity index (χ1) is 23.3. The zero-order valence-electron chi connectivity index (χ0n) is 26.7. The fourth-order valence-electron chi connectivity index (χ4n) is 5.18. The predicted octanol–water partition coefficient (Wildman–Crippen LogP) is 4.81. The molecule has 0 aromatic heterocycles. The van der Waals surface area contributed by atoms with Gasteiger partial charge >= 0.3 is 12.0 Å². The highest BCUT2D eigenvalue weighted by atomic mass is 16.5. The van der Waals surface area contributed by atoms with E-state index in [1.165, 1.54) is 7.11 Å². The molecule has 0 radical (unpaired) electrons. The van der Waals surface area contributed by atoms with Crippen molar-refractivity contribution in [3.63, 3.8) is 0 Å². The minimum Gasteiger partial charge on any atom is -0.490 e. The Bertz CT molecular complexity index is 1900. The average Bonchev–Trinajstić information content (AvgIpc) is 3.10. The van der Waals surface area contributed by atoms with Crippen molar-refractivity contribution in [3.8, 4) is 23.3 Å². The zero-order chi connectivity index (χ0) is 34.0. The lowest BCUT2D eigenvalue weighted by Crippen LogP contribution is -2.45. The van der Waals surface area contributed by atoms with Crippen LogP contribution in [-0.4, -0.2) is 49.9 Å². The summed E-state index contributed by atoms with van der Waals surface area (Å²) in [5.74, 6) is 0.728. The molecule has 0 unspecified atom stereocenters. The summed E-state index contributed by atoms with van der Waals surface area (Å²) in [5, 5.41) is 31.3. The van der Waals surface area contributed by atoms with E-state index in [1.54, 1.807) is 43.5 Å². The number of aliphatic hydroxyl groups is 1. The maximum Gasteiger partial charge on any atom is 0.337 e. The SMILES string of the molecule is CCOc1cc([C@@H]2NC(=O)NC(C)=C2C(=O)OC)ccc1OC[C@H](O)N/N=C/c1c(OCc2ccc(C#N)cc2)ccc2ccccc12. The van der Waals surface area contributed by atoms with Crippen molar-refractivity contribution in [3.05, 3.63) is 112 Å². The molecule has 48 heavy (non-hydrogen) atoms. The molecule has 4 aromatic rings. The molecule has 1 heterocycles. The van der Waals surface area contributed by atoms with Crippen molar-refractivity contribution in [1.82, 2.24) is 16.1 Å². The average molecular weight is 650 g/mol. The second-order valence-corrected chi connectivity index (χ2v) is 10.7. The smallest absolute Gasteiger partial charge is 0.337 e. The third-order valence-corrected chi connectivity index (χ3v) is 7.50. The van der Waals surface area contributed by atoms with Crippen LogP contribution in [0.25, 0.3) is 10.8 Å². The highest BCUT2D eigenvalue weighted by Gasteiger charge is 2.32. The molecular formula is C36H35N5O7. The van der Waals surface area contributed by atoms with E-state index >= 15 is 0 Å². The molecule has 5 rings (SSSR count). The van der Waals surface area contributed by atoms with Gasteiger partial charge in [0.05, 0.1) is 43.2 Å². The summed E-state index contributed by atoms with van der Waals surface area (Å²) in [6.45, 7) is 3.88. The number of methoxy groups -OCH3 is 1. The summed E-state index contributed by atoms with van der Waals surface area (Å²) in [6, 6.07) is 24.7. The molecule has 2 atom stereocenters. The number of nitrogens with zero attached hydrogens (tertiary/aromatic N) is 2. The lowest BCUT2D eigenvalue weighted by atomic mass is 9.95. The van der Waals surface area contributed by atoms with Crippen LogP contribution >= 0.6 is 0 Å². The van der Waals surface area contributed by atoms with Crippen LogP contribution in [0.1, 0.15) is 42.1 Å². The van der Waals surface area contributed by atoms with E-state index in [0.717, 1.165) is 21.9 Å². The Hall–Kier alpha value is -6.06. The molecule has 246 valence electrons. The number of rotatable bonds is 13. The second-order valence-electron chi connectivity index (χ2n) is 10.7. The molecular weight excluding hydrogens is 614 g/mol. The van der Waals surface area contributed by atoms with Crippen LogP contribution in [0.4, 0.5) is 4.79 Å². The first kappa shape index (κ1) is 33.3. The van der Waals surface area contributed by atoms with E-state index in [0.29, 0.717) is 47.3 Å². The third-order valence-electron chi connectivity index (χ3n) is 7.50. The van der Waals surface area contributed by atoms with Crippen molar-refractivity contribution >= 4 is 29.0 Å². The Kier molecular flexibility index (Phi) is 10.7. The summed E-state index contributed by atoms with van der Waals surface area (Å²) in [7, 11) is 1.27. The number of hydrogen-bond donors (Lipinski definition) is 4. The van der Waals surface area contributed by atoms with Gasteiger partial charge in [0.1, 0.15) is 19.0 Å².